The highest BCUT2D eigenvalue weighted by atomic mass is 35.5. The number of carbonyl (C=O) groups is 1. The fraction of sp³-hybridized carbons (Fsp3) is 0.273. The van der Waals surface area contributed by atoms with E-state index in [4.69, 9.17) is 11.6 Å². The monoisotopic (exact) mass is 394 g/mol. The summed E-state index contributed by atoms with van der Waals surface area (Å²) in [5.74, 6) is 0.0628. The lowest BCUT2D eigenvalue weighted by Gasteiger charge is -2.39. The van der Waals surface area contributed by atoms with Gasteiger partial charge in [-0.05, 0) is 60.9 Å². The van der Waals surface area contributed by atoms with Gasteiger partial charge in [0.25, 0.3) is 0 Å². The molecule has 0 unspecified atom stereocenters. The molecule has 144 valence electrons. The highest BCUT2D eigenvalue weighted by Gasteiger charge is 2.32. The number of aryl methyl sites for hydroxylation is 1. The predicted octanol–water partition coefficient (Wildman–Crippen LogP) is 5.04. The molecule has 1 amide bonds. The molecule has 3 aromatic rings. The maximum absolute atomic E-state index is 12.3. The maximum atomic E-state index is 12.3. The minimum atomic E-state index is 0.0628. The van der Waals surface area contributed by atoms with Crippen LogP contribution < -0.4 is 10.2 Å². The molecule has 4 rings (SSSR count). The molecule has 1 aromatic heterocycles. The summed E-state index contributed by atoms with van der Waals surface area (Å²) in [6.45, 7) is 3.72. The van der Waals surface area contributed by atoms with Crippen LogP contribution in [0.2, 0.25) is 5.02 Å². The standard InChI is InChI=1S/C22H23ClN4O/c1-14-10-21(25-19-7-5-18(23)6-8-19)20-11-16(17-12-24-26(3)13-17)4-9-22(20)27(14)15(2)28/h4-9,11-14,21,25H,10H2,1-3H3/t14-,21+/m1/s1. The van der Waals surface area contributed by atoms with E-state index in [1.807, 2.05) is 54.7 Å². The van der Waals surface area contributed by atoms with E-state index in [1.54, 1.807) is 11.6 Å². The lowest BCUT2D eigenvalue weighted by molar-refractivity contribution is -0.117. The number of hydrogen-bond donors (Lipinski definition) is 1. The summed E-state index contributed by atoms with van der Waals surface area (Å²) in [6, 6.07) is 14.2. The fourth-order valence-electron chi connectivity index (χ4n) is 3.98. The van der Waals surface area contributed by atoms with Crippen molar-refractivity contribution >= 4 is 28.9 Å². The van der Waals surface area contributed by atoms with Crippen molar-refractivity contribution in [2.24, 2.45) is 7.05 Å². The molecule has 2 aromatic carbocycles. The fourth-order valence-corrected chi connectivity index (χ4v) is 4.10. The number of nitrogens with one attached hydrogen (secondary N) is 1. The molecule has 1 aliphatic heterocycles. The normalized spacial score (nSPS) is 18.6. The summed E-state index contributed by atoms with van der Waals surface area (Å²) >= 11 is 6.02. The van der Waals surface area contributed by atoms with Crippen molar-refractivity contribution in [1.29, 1.82) is 0 Å². The van der Waals surface area contributed by atoms with Gasteiger partial charge in [-0.1, -0.05) is 17.7 Å². The second-order valence-electron chi connectivity index (χ2n) is 7.35. The zero-order valence-corrected chi connectivity index (χ0v) is 16.9. The Kier molecular flexibility index (Phi) is 4.85. The van der Waals surface area contributed by atoms with Gasteiger partial charge in [-0.15, -0.1) is 0 Å². The van der Waals surface area contributed by atoms with E-state index in [0.717, 1.165) is 34.5 Å². The number of nitrogens with zero attached hydrogens (tertiary/aromatic N) is 3. The van der Waals surface area contributed by atoms with Crippen molar-refractivity contribution in [2.45, 2.75) is 32.4 Å². The average Bonchev–Trinajstić information content (AvgIpc) is 3.09. The number of fused-ring (bicyclic) bond motifs is 1. The second kappa shape index (κ2) is 7.32. The first kappa shape index (κ1) is 18.6. The molecule has 6 heteroatoms. The predicted molar refractivity (Wildman–Crippen MR) is 114 cm³/mol. The van der Waals surface area contributed by atoms with E-state index in [-0.39, 0.29) is 18.0 Å². The van der Waals surface area contributed by atoms with E-state index in [9.17, 15) is 4.79 Å². The summed E-state index contributed by atoms with van der Waals surface area (Å²) in [7, 11) is 1.91. The summed E-state index contributed by atoms with van der Waals surface area (Å²) < 4.78 is 1.79. The van der Waals surface area contributed by atoms with Crippen LogP contribution in [0.15, 0.2) is 54.9 Å². The third-order valence-electron chi connectivity index (χ3n) is 5.24. The van der Waals surface area contributed by atoms with Crippen molar-refractivity contribution in [3.05, 3.63) is 65.4 Å². The van der Waals surface area contributed by atoms with E-state index >= 15 is 0 Å². The molecular weight excluding hydrogens is 372 g/mol. The Labute approximate surface area is 169 Å². The van der Waals surface area contributed by atoms with Crippen LogP contribution in [0.3, 0.4) is 0 Å². The summed E-state index contributed by atoms with van der Waals surface area (Å²) in [4.78, 5) is 14.2. The van der Waals surface area contributed by atoms with Crippen LogP contribution in [0.1, 0.15) is 31.9 Å². The smallest absolute Gasteiger partial charge is 0.224 e. The van der Waals surface area contributed by atoms with Crippen LogP contribution >= 0.6 is 11.6 Å². The second-order valence-corrected chi connectivity index (χ2v) is 7.79. The Balaban J connectivity index is 1.77. The van der Waals surface area contributed by atoms with Crippen LogP contribution in [0, 0.1) is 0 Å². The van der Waals surface area contributed by atoms with Gasteiger partial charge in [-0.2, -0.15) is 5.10 Å². The van der Waals surface area contributed by atoms with E-state index in [0.29, 0.717) is 5.02 Å². The van der Waals surface area contributed by atoms with Gasteiger partial charge >= 0.3 is 0 Å². The highest BCUT2D eigenvalue weighted by molar-refractivity contribution is 6.30. The molecule has 1 N–H and O–H groups in total. The molecule has 0 bridgehead atoms. The van der Waals surface area contributed by atoms with Gasteiger partial charge in [0.1, 0.15) is 0 Å². The van der Waals surface area contributed by atoms with E-state index in [2.05, 4.69) is 29.5 Å². The number of halogens is 1. The first-order chi connectivity index (χ1) is 13.4. The van der Waals surface area contributed by atoms with Gasteiger partial charge in [0.15, 0.2) is 0 Å². The Hall–Kier alpha value is -2.79. The number of hydrogen-bond acceptors (Lipinski definition) is 3. The van der Waals surface area contributed by atoms with Crippen molar-refractivity contribution in [1.82, 2.24) is 9.78 Å². The Morgan fingerprint density at radius 3 is 2.57 bits per heavy atom. The van der Waals surface area contributed by atoms with Crippen molar-refractivity contribution in [3.63, 3.8) is 0 Å². The summed E-state index contributed by atoms with van der Waals surface area (Å²) in [5, 5.41) is 8.61. The van der Waals surface area contributed by atoms with E-state index < -0.39 is 0 Å². The SMILES string of the molecule is CC(=O)N1c2ccc(-c3cnn(C)c3)cc2[C@@H](Nc2ccc(Cl)cc2)C[C@H]1C. The zero-order chi connectivity index (χ0) is 19.8. The van der Waals surface area contributed by atoms with Crippen molar-refractivity contribution < 1.29 is 4.79 Å². The van der Waals surface area contributed by atoms with Gasteiger partial charge in [-0.3, -0.25) is 9.48 Å². The molecule has 2 atom stereocenters. The number of benzene rings is 2. The number of aromatic nitrogens is 2. The molecule has 0 spiro atoms. The third kappa shape index (κ3) is 3.50. The maximum Gasteiger partial charge on any atom is 0.224 e. The minimum absolute atomic E-state index is 0.0628. The zero-order valence-electron chi connectivity index (χ0n) is 16.2. The Morgan fingerprint density at radius 2 is 1.93 bits per heavy atom. The third-order valence-corrected chi connectivity index (χ3v) is 5.49. The molecule has 0 radical (unpaired) electrons. The van der Waals surface area contributed by atoms with Gasteiger partial charge < -0.3 is 10.2 Å². The average molecular weight is 395 g/mol. The molecule has 0 aliphatic carbocycles. The molecule has 0 saturated carbocycles. The van der Waals surface area contributed by atoms with Crippen LogP contribution in [0.25, 0.3) is 11.1 Å². The molecule has 28 heavy (non-hydrogen) atoms. The summed E-state index contributed by atoms with van der Waals surface area (Å²) in [6.07, 6.45) is 4.68. The number of rotatable bonds is 3. The van der Waals surface area contributed by atoms with Gasteiger partial charge in [-0.25, -0.2) is 0 Å². The number of carbonyl (C=O) groups excluding carboxylic acids is 1. The Morgan fingerprint density at radius 1 is 1.18 bits per heavy atom. The van der Waals surface area contributed by atoms with Crippen LogP contribution in [-0.2, 0) is 11.8 Å². The van der Waals surface area contributed by atoms with Gasteiger partial charge in [0.2, 0.25) is 5.91 Å². The molecule has 0 saturated heterocycles. The van der Waals surface area contributed by atoms with Gasteiger partial charge in [0.05, 0.1) is 12.2 Å². The molecule has 0 fully saturated rings. The Bertz CT molecular complexity index is 1010. The molecular formula is C22H23ClN4O. The largest absolute Gasteiger partial charge is 0.378 e. The summed E-state index contributed by atoms with van der Waals surface area (Å²) in [5.41, 5.74) is 5.24. The first-order valence-corrected chi connectivity index (χ1v) is 9.75. The van der Waals surface area contributed by atoms with Crippen LogP contribution in [0.5, 0.6) is 0 Å². The van der Waals surface area contributed by atoms with Crippen LogP contribution in [-0.4, -0.2) is 21.7 Å². The highest BCUT2D eigenvalue weighted by Crippen LogP contribution is 2.41. The van der Waals surface area contributed by atoms with Crippen molar-refractivity contribution in [3.8, 4) is 11.1 Å². The minimum Gasteiger partial charge on any atom is -0.378 e. The molecule has 2 heterocycles. The molecule has 1 aliphatic rings. The molecule has 5 nitrogen and oxygen atoms in total. The number of anilines is 2. The van der Waals surface area contributed by atoms with E-state index in [1.165, 1.54) is 0 Å². The lowest BCUT2D eigenvalue weighted by atomic mass is 9.89. The lowest BCUT2D eigenvalue weighted by Crippen LogP contribution is -2.43. The first-order valence-electron chi connectivity index (χ1n) is 9.37. The number of amides is 1. The van der Waals surface area contributed by atoms with Gasteiger partial charge in [0, 0.05) is 48.2 Å². The topological polar surface area (TPSA) is 50.2 Å². The quantitative estimate of drug-likeness (QED) is 0.677. The van der Waals surface area contributed by atoms with Crippen LogP contribution in [0.4, 0.5) is 11.4 Å². The van der Waals surface area contributed by atoms with Crippen molar-refractivity contribution in [2.75, 3.05) is 10.2 Å².